The van der Waals surface area contributed by atoms with E-state index in [-0.39, 0.29) is 86.9 Å². The second kappa shape index (κ2) is 37.7. The van der Waals surface area contributed by atoms with Gasteiger partial charge in [0.25, 0.3) is 23.4 Å². The molecule has 0 amide bonds. The molecule has 0 spiro atoms. The van der Waals surface area contributed by atoms with Crippen LogP contribution in [0.2, 0.25) is 20.1 Å². The van der Waals surface area contributed by atoms with Gasteiger partial charge in [-0.3, -0.25) is 74.4 Å². The molecule has 4 aromatic heterocycles. The maximum atomic E-state index is 15.9. The van der Waals surface area contributed by atoms with E-state index in [0.29, 0.717) is 59.4 Å². The third-order valence-corrected chi connectivity index (χ3v) is 27.3. The number of H-pyrrole nitrogens is 4. The molecule has 4 fully saturated rings. The van der Waals surface area contributed by atoms with E-state index in [1.165, 1.54) is 0 Å². The van der Waals surface area contributed by atoms with Gasteiger partial charge < -0.3 is 77.9 Å². The van der Waals surface area contributed by atoms with Crippen molar-refractivity contribution in [1.82, 2.24) is 38.2 Å². The van der Waals surface area contributed by atoms with Crippen LogP contribution in [0.5, 0.6) is 23.0 Å². The fraction of sp³-hybridized carbons (Fsp3) is 0.444. The second-order valence-electron chi connectivity index (χ2n) is 29.4. The lowest BCUT2D eigenvalue weighted by atomic mass is 10.1. The van der Waals surface area contributed by atoms with Crippen molar-refractivity contribution in [1.29, 1.82) is 0 Å². The Morgan fingerprint density at radius 1 is 0.398 bits per heavy atom. The Morgan fingerprint density at radius 3 is 0.945 bits per heavy atom. The number of aromatic amines is 4. The van der Waals surface area contributed by atoms with Gasteiger partial charge in [0.2, 0.25) is 0 Å². The zero-order chi connectivity index (χ0) is 99.1. The number of nitrogens with zero attached hydrogens (tertiary/aromatic N) is 4. The molecule has 128 heavy (non-hydrogen) atoms. The zero-order valence-corrected chi connectivity index (χ0v) is 76.4. The van der Waals surface area contributed by atoms with Crippen LogP contribution in [0.4, 0.5) is 17.6 Å². The molecule has 0 radical (unpaired) electrons. The minimum absolute atomic E-state index is 0.0600. The van der Waals surface area contributed by atoms with Crippen LogP contribution in [-0.4, -0.2) is 178 Å². The average Bonchev–Trinajstić information content (AvgIpc) is 1.55. The van der Waals surface area contributed by atoms with Gasteiger partial charge in [0, 0.05) is 47.0 Å². The van der Waals surface area contributed by atoms with Gasteiger partial charge in [-0.15, -0.1) is 0 Å². The summed E-state index contributed by atoms with van der Waals surface area (Å²) in [7, 11) is -18.2. The summed E-state index contributed by atoms with van der Waals surface area (Å²) < 4.78 is 246. The highest BCUT2D eigenvalue weighted by atomic mass is 35.5. The van der Waals surface area contributed by atoms with E-state index in [1.54, 1.807) is 77.1 Å². The highest BCUT2D eigenvalue weighted by Gasteiger charge is 2.62. The molecule has 16 rings (SSSR count). The molecule has 56 heteroatoms. The molecule has 40 nitrogen and oxygen atoms in total. The smallest absolute Gasteiger partial charge is 0.403 e. The topological polar surface area (TPSA) is 529 Å². The van der Waals surface area contributed by atoms with E-state index in [0.717, 1.165) is 51.6 Å². The van der Waals surface area contributed by atoms with Crippen LogP contribution in [0.3, 0.4) is 0 Å². The SMILES string of the molecule is Cc1cc(C)c2c(c1)COP(=O)(OC[C@@]1(F)O[C@@H](n3cc(Cl)c(=S)[nH]c3=O)[C@H](O)[C@@H]1O)O2.[2H]C([2H])(OP1(=O)OCc2cc(C)cc(C)c2O1)[C@@]1(F)O[C@@H](n2cc(Cl)c(=S)[nH]c2=O)[C@H](O)[C@@H]1O.[2H]C([2H])(OP1(=O)OCc2cc(C)cc(C)c2O1)[C@@]1(F)O[C@@]([2H])(n2cc(Cl)c(=S)[nH]c2=O)[C@H](O)[C@@H]1O.[2H][C@@]1(n2cc(Cl)c(=S)[nH]c2=O)O[C@](F)(COP2(=O)OCc3cc(C)cc(C)c3O2)[C@@H](O)[C@H]1O. The van der Waals surface area contributed by atoms with Crippen molar-refractivity contribution in [3.05, 3.63) is 221 Å². The van der Waals surface area contributed by atoms with Gasteiger partial charge in [-0.05, 0) is 77.6 Å². The van der Waals surface area contributed by atoms with E-state index in [2.05, 4.69) is 19.9 Å². The maximum Gasteiger partial charge on any atom is 0.530 e. The van der Waals surface area contributed by atoms with E-state index >= 15 is 17.6 Å². The predicted molar refractivity (Wildman–Crippen MR) is 447 cm³/mol. The van der Waals surface area contributed by atoms with Crippen LogP contribution in [0.15, 0.2) is 92.5 Å². The summed E-state index contributed by atoms with van der Waals surface area (Å²) in [6.45, 7) is 3.39. The van der Waals surface area contributed by atoms with Crippen molar-refractivity contribution in [2.24, 2.45) is 0 Å². The van der Waals surface area contributed by atoms with Crippen LogP contribution < -0.4 is 40.9 Å². The van der Waals surface area contributed by atoms with Crippen LogP contribution in [0.25, 0.3) is 0 Å². The van der Waals surface area contributed by atoms with Crippen molar-refractivity contribution >= 4 is 127 Å². The first-order chi connectivity index (χ1) is 61.9. The van der Waals surface area contributed by atoms with Gasteiger partial charge in [0.05, 0.1) is 54.7 Å². The fourth-order valence-electron chi connectivity index (χ4n) is 13.5. The number of benzene rings is 4. The first kappa shape index (κ1) is 90.6. The molecule has 0 bridgehead atoms. The predicted octanol–water partition coefficient (Wildman–Crippen LogP) is 11.3. The van der Waals surface area contributed by atoms with Crippen molar-refractivity contribution in [2.75, 3.05) is 26.3 Å². The van der Waals surface area contributed by atoms with Crippen LogP contribution in [-0.2, 0) is 99.8 Å². The van der Waals surface area contributed by atoms with Crippen LogP contribution in [0, 0.1) is 74.0 Å². The number of phosphoric acid groups is 4. The standard InChI is InChI=1S/4C18H19ClFN2O8PS/c4*1-8-3-9(2)13-10(4-8)6-27-31(26,30-13)28-7-18(20)14(24)12(23)16(29-18)22-5-11(19)15(32)21-17(22)25/h4*3-5,12,14,16,23-24H,6-7H2,1-2H3,(H,21,25,32)/t4*12-,14+,16-,18-,31?/m1111/s1/i7D2,16D;16D;7D2;. The van der Waals surface area contributed by atoms with Gasteiger partial charge in [-0.2, -0.15) is 0 Å². The Balaban J connectivity index is 0.000000152. The van der Waals surface area contributed by atoms with E-state index in [4.69, 9.17) is 177 Å². The summed E-state index contributed by atoms with van der Waals surface area (Å²) in [6, 6.07) is 14.0. The van der Waals surface area contributed by atoms with Crippen molar-refractivity contribution < 1.29 is 158 Å². The molecule has 8 aromatic rings. The summed E-state index contributed by atoms with van der Waals surface area (Å²) in [6.07, 6.45) is -24.9. The van der Waals surface area contributed by atoms with Crippen LogP contribution in [0.1, 0.15) is 99.8 Å². The Bertz CT molecular complexity index is 6810. The Hall–Kier alpha value is -6.52. The number of hydrogen-bond donors (Lipinski definition) is 12. The molecule has 8 aliphatic rings. The number of ether oxygens (including phenoxy) is 4. The van der Waals surface area contributed by atoms with Crippen molar-refractivity contribution in [3.8, 4) is 23.0 Å². The van der Waals surface area contributed by atoms with E-state index in [9.17, 15) is 78.3 Å². The van der Waals surface area contributed by atoms with Crippen molar-refractivity contribution in [3.63, 3.8) is 0 Å². The third kappa shape index (κ3) is 20.6. The van der Waals surface area contributed by atoms with Crippen molar-refractivity contribution in [2.45, 2.75) is 179 Å². The molecule has 0 aliphatic carbocycles. The Labute approximate surface area is 767 Å². The zero-order valence-electron chi connectivity index (χ0n) is 72.6. The summed E-state index contributed by atoms with van der Waals surface area (Å²) >= 11 is 42.7. The van der Waals surface area contributed by atoms with Gasteiger partial charge in [-0.1, -0.05) is 166 Å². The lowest BCUT2D eigenvalue weighted by molar-refractivity contribution is -0.205. The number of nitrogens with one attached hydrogen (secondary N) is 4. The molecule has 4 aromatic carbocycles. The quantitative estimate of drug-likeness (QED) is 0.0243. The number of fused-ring (bicyclic) bond motifs is 4. The highest BCUT2D eigenvalue weighted by molar-refractivity contribution is 7.72. The normalized spacial score (nSPS) is 33.9. The second-order valence-corrected chi connectivity index (χ2v) is 38.9. The van der Waals surface area contributed by atoms with Gasteiger partial charge in [0.1, 0.15) is 117 Å². The number of rotatable bonds is 16. The Kier molecular flexibility index (Phi) is 26.7. The molecular formula is C72H76Cl4F4N8O32P4S4. The highest BCUT2D eigenvalue weighted by Crippen LogP contribution is 2.61. The van der Waals surface area contributed by atoms with E-state index < -0.39 is 177 Å². The largest absolute Gasteiger partial charge is 0.530 e. The van der Waals surface area contributed by atoms with Gasteiger partial charge >= 0.3 is 54.0 Å². The van der Waals surface area contributed by atoms with Gasteiger partial charge in [-0.25, -0.2) is 55.0 Å². The lowest BCUT2D eigenvalue weighted by Crippen LogP contribution is -2.43. The Morgan fingerprint density at radius 2 is 0.633 bits per heavy atom. The third-order valence-electron chi connectivity index (χ3n) is 19.5. The fourth-order valence-corrected chi connectivity index (χ4v) is 19.6. The van der Waals surface area contributed by atoms with Gasteiger partial charge in [0.15, 0.2) is 24.9 Å². The molecule has 4 unspecified atom stereocenters. The molecule has 12 heterocycles. The van der Waals surface area contributed by atoms with Crippen LogP contribution >= 0.6 is 127 Å². The monoisotopic (exact) mass is 2040 g/mol. The minimum Gasteiger partial charge on any atom is -0.403 e. The number of aliphatic hydroxyl groups is 8. The first-order valence-electron chi connectivity index (χ1n) is 39.8. The molecule has 0 saturated carbocycles. The molecule has 4 saturated heterocycles. The first-order valence-corrected chi connectivity index (χ1v) is 45.8. The summed E-state index contributed by atoms with van der Waals surface area (Å²) in [4.78, 5) is 57.5. The van der Waals surface area contributed by atoms with E-state index in [1.807, 2.05) is 26.8 Å². The summed E-state index contributed by atoms with van der Waals surface area (Å²) in [5.41, 5.74) is 4.25. The number of halogens is 8. The summed E-state index contributed by atoms with van der Waals surface area (Å²) in [5.74, 6) is -13.4. The number of aliphatic hydroxyl groups excluding tert-OH is 8. The average molecular weight is 2040 g/mol. The maximum absolute atomic E-state index is 15.9. The molecule has 12 N–H and O–H groups in total. The molecule has 8 aliphatic heterocycles. The summed E-state index contributed by atoms with van der Waals surface area (Å²) in [5, 5.41) is 81.9. The number of phosphoric ester groups is 4. The minimum atomic E-state index is -4.85. The molecule has 20 atom stereocenters. The number of alkyl halides is 4. The lowest BCUT2D eigenvalue weighted by Gasteiger charge is -2.29. The molecule has 696 valence electrons. The number of hydrogen-bond acceptors (Lipinski definition) is 36. The number of aromatic nitrogens is 8. The molecular weight excluding hydrogens is 1960 g/mol. The number of aryl methyl sites for hydroxylation is 8.